The van der Waals surface area contributed by atoms with Crippen molar-refractivity contribution in [3.63, 3.8) is 0 Å². The second-order valence-electron chi connectivity index (χ2n) is 1.55. The van der Waals surface area contributed by atoms with Gasteiger partial charge in [0.15, 0.2) is 6.07 Å². The molecule has 0 aliphatic carbocycles. The first-order valence-corrected chi connectivity index (χ1v) is 3.13. The average Bonchev–Trinajstić information content (AvgIpc) is 2.38. The van der Waals surface area contributed by atoms with Gasteiger partial charge in [-0.15, -0.1) is 0 Å². The summed E-state index contributed by atoms with van der Waals surface area (Å²) in [5.74, 6) is -0.469. The zero-order valence-corrected chi connectivity index (χ0v) is 5.80. The van der Waals surface area contributed by atoms with E-state index >= 15 is 0 Å². The van der Waals surface area contributed by atoms with E-state index in [1.165, 1.54) is 18.6 Å². The number of esters is 1. The van der Waals surface area contributed by atoms with Crippen LogP contribution >= 0.6 is 11.6 Å². The molecule has 0 saturated carbocycles. The molecule has 0 radical (unpaired) electrons. The van der Waals surface area contributed by atoms with E-state index in [1.807, 2.05) is 0 Å². The lowest BCUT2D eigenvalue weighted by atomic mass is 10.4. The van der Waals surface area contributed by atoms with Gasteiger partial charge in [-0.1, -0.05) is 11.6 Å². The molecule has 3 nitrogen and oxygen atoms in total. The minimum atomic E-state index is -0.469. The van der Waals surface area contributed by atoms with Crippen molar-refractivity contribution < 1.29 is 13.9 Å². The Kier molecular flexibility index (Phi) is 2.34. The van der Waals surface area contributed by atoms with Gasteiger partial charge in [0.1, 0.15) is 6.26 Å². The predicted molar refractivity (Wildman–Crippen MR) is 34.8 cm³/mol. The van der Waals surface area contributed by atoms with Crippen LogP contribution in [0.1, 0.15) is 10.4 Å². The Bertz CT molecular complexity index is 205. The van der Waals surface area contributed by atoms with Gasteiger partial charge in [-0.05, 0) is 6.07 Å². The Morgan fingerprint density at radius 3 is 3.10 bits per heavy atom. The van der Waals surface area contributed by atoms with Crippen molar-refractivity contribution in [3.8, 4) is 0 Å². The van der Waals surface area contributed by atoms with Crippen molar-refractivity contribution in [1.29, 1.82) is 0 Å². The number of furan rings is 1. The quantitative estimate of drug-likeness (QED) is 0.488. The first-order valence-electron chi connectivity index (χ1n) is 2.60. The summed E-state index contributed by atoms with van der Waals surface area (Å²) < 4.78 is 9.09. The third kappa shape index (κ3) is 1.51. The standard InChI is InChI=1S/C6H5ClO3/c7-4-10-6(8)5-1-2-9-3-5/h1-3H,4H2. The number of carbonyl (C=O) groups is 1. The van der Waals surface area contributed by atoms with Crippen LogP contribution in [0.4, 0.5) is 0 Å². The highest BCUT2D eigenvalue weighted by molar-refractivity contribution is 6.17. The predicted octanol–water partition coefficient (Wildman–Crippen LogP) is 1.63. The number of ether oxygens (including phenoxy) is 1. The Morgan fingerprint density at radius 1 is 1.80 bits per heavy atom. The van der Waals surface area contributed by atoms with Gasteiger partial charge in [0.2, 0.25) is 0 Å². The summed E-state index contributed by atoms with van der Waals surface area (Å²) in [4.78, 5) is 10.7. The van der Waals surface area contributed by atoms with Crippen LogP contribution in [0.5, 0.6) is 0 Å². The fourth-order valence-electron chi connectivity index (χ4n) is 0.513. The van der Waals surface area contributed by atoms with Crippen molar-refractivity contribution >= 4 is 17.6 Å². The average molecular weight is 161 g/mol. The van der Waals surface area contributed by atoms with Crippen LogP contribution in [0, 0.1) is 0 Å². The van der Waals surface area contributed by atoms with Gasteiger partial charge in [0, 0.05) is 0 Å². The van der Waals surface area contributed by atoms with E-state index in [9.17, 15) is 4.79 Å². The van der Waals surface area contributed by atoms with Crippen molar-refractivity contribution in [2.45, 2.75) is 0 Å². The van der Waals surface area contributed by atoms with Gasteiger partial charge in [-0.3, -0.25) is 0 Å². The van der Waals surface area contributed by atoms with Gasteiger partial charge in [0.25, 0.3) is 0 Å². The minimum Gasteiger partial charge on any atom is -0.472 e. The number of hydrogen-bond donors (Lipinski definition) is 0. The van der Waals surface area contributed by atoms with Gasteiger partial charge >= 0.3 is 5.97 Å². The molecule has 1 aromatic rings. The van der Waals surface area contributed by atoms with E-state index in [0.29, 0.717) is 5.56 Å². The summed E-state index contributed by atoms with van der Waals surface area (Å²) in [6.45, 7) is 0. The van der Waals surface area contributed by atoms with Gasteiger partial charge < -0.3 is 9.15 Å². The first-order chi connectivity index (χ1) is 4.84. The molecule has 1 heterocycles. The van der Waals surface area contributed by atoms with E-state index in [0.717, 1.165) is 0 Å². The molecule has 0 bridgehead atoms. The molecule has 0 aliphatic rings. The van der Waals surface area contributed by atoms with Crippen LogP contribution in [0.15, 0.2) is 23.0 Å². The molecule has 0 aromatic carbocycles. The lowest BCUT2D eigenvalue weighted by Gasteiger charge is -1.93. The van der Waals surface area contributed by atoms with Crippen molar-refractivity contribution in [2.75, 3.05) is 6.07 Å². The van der Waals surface area contributed by atoms with Crippen molar-refractivity contribution in [1.82, 2.24) is 0 Å². The summed E-state index contributed by atoms with van der Waals surface area (Å²) in [7, 11) is 0. The topological polar surface area (TPSA) is 39.4 Å². The highest BCUT2D eigenvalue weighted by Crippen LogP contribution is 2.01. The fourth-order valence-corrected chi connectivity index (χ4v) is 0.613. The zero-order chi connectivity index (χ0) is 7.40. The van der Waals surface area contributed by atoms with Crippen LogP contribution in [0.25, 0.3) is 0 Å². The normalized spacial score (nSPS) is 9.30. The number of rotatable bonds is 2. The third-order valence-electron chi connectivity index (χ3n) is 0.943. The van der Waals surface area contributed by atoms with Crippen molar-refractivity contribution in [2.24, 2.45) is 0 Å². The van der Waals surface area contributed by atoms with Crippen LogP contribution in [-0.4, -0.2) is 12.0 Å². The Labute approximate surface area is 62.5 Å². The number of halogens is 1. The fraction of sp³-hybridized carbons (Fsp3) is 0.167. The molecule has 10 heavy (non-hydrogen) atoms. The monoisotopic (exact) mass is 160 g/mol. The molecule has 0 unspecified atom stereocenters. The lowest BCUT2D eigenvalue weighted by molar-refractivity contribution is 0.0573. The summed E-state index contributed by atoms with van der Waals surface area (Å²) >= 11 is 5.14. The second kappa shape index (κ2) is 3.27. The number of hydrogen-bond acceptors (Lipinski definition) is 3. The Morgan fingerprint density at radius 2 is 2.60 bits per heavy atom. The molecular weight excluding hydrogens is 156 g/mol. The molecule has 1 rings (SSSR count). The molecule has 0 fully saturated rings. The molecule has 0 saturated heterocycles. The Balaban J connectivity index is 2.59. The highest BCUT2D eigenvalue weighted by atomic mass is 35.5. The lowest BCUT2D eigenvalue weighted by Crippen LogP contribution is -2.01. The molecule has 0 amide bonds. The highest BCUT2D eigenvalue weighted by Gasteiger charge is 2.05. The second-order valence-corrected chi connectivity index (χ2v) is 1.77. The van der Waals surface area contributed by atoms with Crippen LogP contribution in [0.2, 0.25) is 0 Å². The molecular formula is C6H5ClO3. The molecule has 0 N–H and O–H groups in total. The van der Waals surface area contributed by atoms with E-state index < -0.39 is 5.97 Å². The minimum absolute atomic E-state index is 0.135. The van der Waals surface area contributed by atoms with E-state index in [4.69, 9.17) is 11.6 Å². The SMILES string of the molecule is O=C(OCCl)c1ccoc1. The third-order valence-corrected chi connectivity index (χ3v) is 1.05. The molecule has 4 heteroatoms. The first kappa shape index (κ1) is 7.15. The van der Waals surface area contributed by atoms with Gasteiger partial charge in [0.05, 0.1) is 11.8 Å². The summed E-state index contributed by atoms with van der Waals surface area (Å²) in [6, 6.07) is 1.37. The summed E-state index contributed by atoms with van der Waals surface area (Å²) in [5, 5.41) is 0. The number of carbonyl (C=O) groups excluding carboxylic acids is 1. The zero-order valence-electron chi connectivity index (χ0n) is 5.04. The van der Waals surface area contributed by atoms with E-state index in [1.54, 1.807) is 0 Å². The van der Waals surface area contributed by atoms with Gasteiger partial charge in [-0.2, -0.15) is 0 Å². The Hall–Kier alpha value is -0.960. The molecule has 0 spiro atoms. The molecule has 54 valence electrons. The van der Waals surface area contributed by atoms with Crippen molar-refractivity contribution in [3.05, 3.63) is 24.2 Å². The van der Waals surface area contributed by atoms with Crippen LogP contribution < -0.4 is 0 Å². The molecule has 0 aliphatic heterocycles. The maximum atomic E-state index is 10.7. The maximum Gasteiger partial charge on any atom is 0.342 e. The van der Waals surface area contributed by atoms with Gasteiger partial charge in [-0.25, -0.2) is 4.79 Å². The smallest absolute Gasteiger partial charge is 0.342 e. The van der Waals surface area contributed by atoms with E-state index in [2.05, 4.69) is 9.15 Å². The van der Waals surface area contributed by atoms with Crippen LogP contribution in [0.3, 0.4) is 0 Å². The summed E-state index contributed by atoms with van der Waals surface area (Å²) in [6.07, 6.45) is 2.69. The molecule has 0 atom stereocenters. The summed E-state index contributed by atoms with van der Waals surface area (Å²) in [5.41, 5.74) is 0.376. The van der Waals surface area contributed by atoms with Crippen LogP contribution in [-0.2, 0) is 4.74 Å². The van der Waals surface area contributed by atoms with E-state index in [-0.39, 0.29) is 6.07 Å². The maximum absolute atomic E-state index is 10.7. The largest absolute Gasteiger partial charge is 0.472 e. The number of alkyl halides is 1. The molecule has 1 aromatic heterocycles.